The Hall–Kier alpha value is -3.29. The van der Waals surface area contributed by atoms with E-state index < -0.39 is 23.0 Å². The van der Waals surface area contributed by atoms with Gasteiger partial charge in [-0.1, -0.05) is 6.07 Å². The maximum absolute atomic E-state index is 13.4. The molecule has 3 aromatic rings. The number of rotatable bonds is 3. The average molecular weight is 346 g/mol. The quantitative estimate of drug-likeness (QED) is 0.564. The molecule has 0 aliphatic rings. The molecule has 0 saturated heterocycles. The largest absolute Gasteiger partial charge is 0.397 e. The van der Waals surface area contributed by atoms with Crippen LogP contribution in [-0.2, 0) is 6.54 Å². The van der Waals surface area contributed by atoms with E-state index in [0.29, 0.717) is 16.9 Å². The minimum atomic E-state index is -1.56. The Balaban J connectivity index is 2.01. The lowest BCUT2D eigenvalue weighted by Gasteiger charge is -2.09. The predicted molar refractivity (Wildman–Crippen MR) is 88.2 cm³/mol. The van der Waals surface area contributed by atoms with E-state index in [-0.39, 0.29) is 17.8 Å². The van der Waals surface area contributed by atoms with Crippen LogP contribution in [0, 0.1) is 17.5 Å². The van der Waals surface area contributed by atoms with Crippen molar-refractivity contribution in [1.29, 1.82) is 0 Å². The first kappa shape index (κ1) is 16.6. The molecule has 0 spiro atoms. The van der Waals surface area contributed by atoms with Gasteiger partial charge in [-0.2, -0.15) is 5.10 Å². The summed E-state index contributed by atoms with van der Waals surface area (Å²) in [6.45, 7) is 0.0866. The second kappa shape index (κ2) is 6.31. The second-order valence-electron chi connectivity index (χ2n) is 5.43. The van der Waals surface area contributed by atoms with Gasteiger partial charge in [-0.05, 0) is 35.9 Å². The van der Waals surface area contributed by atoms with E-state index in [1.807, 2.05) is 0 Å². The summed E-state index contributed by atoms with van der Waals surface area (Å²) in [4.78, 5) is 12.0. The zero-order valence-electron chi connectivity index (χ0n) is 12.8. The molecule has 2 aromatic carbocycles. The van der Waals surface area contributed by atoms with Crippen LogP contribution < -0.4 is 17.0 Å². The highest BCUT2D eigenvalue weighted by atomic mass is 19.2. The lowest BCUT2D eigenvalue weighted by Crippen LogP contribution is -2.23. The van der Waals surface area contributed by atoms with Gasteiger partial charge in [0.05, 0.1) is 23.6 Å². The maximum atomic E-state index is 13.4. The normalized spacial score (nSPS) is 10.8. The van der Waals surface area contributed by atoms with Gasteiger partial charge in [0, 0.05) is 11.6 Å². The van der Waals surface area contributed by atoms with E-state index in [2.05, 4.69) is 5.10 Å². The van der Waals surface area contributed by atoms with E-state index in [9.17, 15) is 18.0 Å². The van der Waals surface area contributed by atoms with Gasteiger partial charge in [0.15, 0.2) is 17.5 Å². The Morgan fingerprint density at radius 2 is 1.60 bits per heavy atom. The number of nitrogens with two attached hydrogens (primary N) is 2. The van der Waals surface area contributed by atoms with Gasteiger partial charge in [0.2, 0.25) is 0 Å². The summed E-state index contributed by atoms with van der Waals surface area (Å²) in [6, 6.07) is 9.04. The Morgan fingerprint density at radius 1 is 0.920 bits per heavy atom. The van der Waals surface area contributed by atoms with Crippen molar-refractivity contribution < 1.29 is 13.2 Å². The molecule has 3 rings (SSSR count). The van der Waals surface area contributed by atoms with E-state index in [1.54, 1.807) is 18.2 Å². The summed E-state index contributed by atoms with van der Waals surface area (Å²) in [5.74, 6) is -4.23. The van der Waals surface area contributed by atoms with Crippen molar-refractivity contribution in [3.63, 3.8) is 0 Å². The molecule has 5 nitrogen and oxygen atoms in total. The van der Waals surface area contributed by atoms with Crippen molar-refractivity contribution in [3.05, 3.63) is 75.8 Å². The third-order valence-corrected chi connectivity index (χ3v) is 3.63. The van der Waals surface area contributed by atoms with E-state index >= 15 is 0 Å². The number of nitrogen functional groups attached to an aromatic ring is 2. The van der Waals surface area contributed by atoms with E-state index in [0.717, 1.165) is 16.8 Å². The average Bonchev–Trinajstić information content (AvgIpc) is 2.57. The first-order chi connectivity index (χ1) is 11.8. The van der Waals surface area contributed by atoms with Crippen molar-refractivity contribution >= 4 is 11.4 Å². The topological polar surface area (TPSA) is 86.9 Å². The van der Waals surface area contributed by atoms with Crippen LogP contribution in [0.3, 0.4) is 0 Å². The minimum absolute atomic E-state index is 0.0157. The minimum Gasteiger partial charge on any atom is -0.397 e. The van der Waals surface area contributed by atoms with Crippen LogP contribution in [0.1, 0.15) is 5.56 Å². The molecule has 0 saturated carbocycles. The maximum Gasteiger partial charge on any atom is 0.267 e. The van der Waals surface area contributed by atoms with Gasteiger partial charge in [-0.25, -0.2) is 17.9 Å². The molecular weight excluding hydrogens is 333 g/mol. The molecule has 1 heterocycles. The molecule has 8 heteroatoms. The summed E-state index contributed by atoms with van der Waals surface area (Å²) < 4.78 is 41.0. The Kier molecular flexibility index (Phi) is 4.18. The highest BCUT2D eigenvalue weighted by Gasteiger charge is 2.13. The van der Waals surface area contributed by atoms with Gasteiger partial charge in [0.1, 0.15) is 0 Å². The monoisotopic (exact) mass is 346 g/mol. The van der Waals surface area contributed by atoms with Gasteiger partial charge in [0.25, 0.3) is 5.56 Å². The summed E-state index contributed by atoms with van der Waals surface area (Å²) in [5.41, 5.74) is 12.6. The fourth-order valence-electron chi connectivity index (χ4n) is 2.32. The van der Waals surface area contributed by atoms with Gasteiger partial charge in [-0.3, -0.25) is 4.79 Å². The Labute approximate surface area is 140 Å². The van der Waals surface area contributed by atoms with Crippen LogP contribution in [0.2, 0.25) is 0 Å². The highest BCUT2D eigenvalue weighted by Crippen LogP contribution is 2.22. The first-order valence-corrected chi connectivity index (χ1v) is 7.22. The molecular formula is C17H13F3N4O. The highest BCUT2D eigenvalue weighted by molar-refractivity contribution is 5.64. The summed E-state index contributed by atoms with van der Waals surface area (Å²) in [6.07, 6.45) is 0. The summed E-state index contributed by atoms with van der Waals surface area (Å²) >= 11 is 0. The Morgan fingerprint density at radius 3 is 2.24 bits per heavy atom. The number of aromatic nitrogens is 2. The van der Waals surface area contributed by atoms with E-state index in [4.69, 9.17) is 11.5 Å². The SMILES string of the molecule is Nc1ccc(Cn2nc(-c3cc(F)c(F)c(F)c3)ccc2=O)cc1N. The molecule has 0 amide bonds. The number of anilines is 2. The standard InChI is InChI=1S/C17H13F3N4O/c18-11-6-10(7-12(19)17(11)20)15-3-4-16(25)24(23-15)8-9-1-2-13(21)14(22)5-9/h1-7H,8,21-22H2. The molecule has 1 aromatic heterocycles. The van der Waals surface area contributed by atoms with Crippen molar-refractivity contribution in [2.75, 3.05) is 11.5 Å². The Bertz CT molecular complexity index is 994. The predicted octanol–water partition coefficient (Wildman–Crippen LogP) is 2.54. The molecule has 4 N–H and O–H groups in total. The lowest BCUT2D eigenvalue weighted by molar-refractivity contribution is 0.447. The van der Waals surface area contributed by atoms with Crippen LogP contribution >= 0.6 is 0 Å². The fourth-order valence-corrected chi connectivity index (χ4v) is 2.32. The molecule has 0 fully saturated rings. The number of hydrogen-bond donors (Lipinski definition) is 2. The van der Waals surface area contributed by atoms with Crippen LogP contribution in [0.4, 0.5) is 24.5 Å². The molecule has 0 unspecified atom stereocenters. The van der Waals surface area contributed by atoms with Gasteiger partial charge in [-0.15, -0.1) is 0 Å². The van der Waals surface area contributed by atoms with Crippen molar-refractivity contribution in [2.45, 2.75) is 6.54 Å². The lowest BCUT2D eigenvalue weighted by atomic mass is 10.1. The molecule has 0 bridgehead atoms. The van der Waals surface area contributed by atoms with Crippen LogP contribution in [-0.4, -0.2) is 9.78 Å². The zero-order valence-corrected chi connectivity index (χ0v) is 12.8. The molecule has 0 atom stereocenters. The number of hydrogen-bond acceptors (Lipinski definition) is 4. The third kappa shape index (κ3) is 3.32. The molecule has 128 valence electrons. The summed E-state index contributed by atoms with van der Waals surface area (Å²) in [5, 5.41) is 4.08. The van der Waals surface area contributed by atoms with Crippen LogP contribution in [0.15, 0.2) is 47.3 Å². The van der Waals surface area contributed by atoms with Crippen molar-refractivity contribution in [2.24, 2.45) is 0 Å². The summed E-state index contributed by atoms with van der Waals surface area (Å²) in [7, 11) is 0. The molecule has 0 aliphatic heterocycles. The zero-order chi connectivity index (χ0) is 18.1. The number of nitrogens with zero attached hydrogens (tertiary/aromatic N) is 2. The third-order valence-electron chi connectivity index (χ3n) is 3.63. The molecule has 0 aliphatic carbocycles. The van der Waals surface area contributed by atoms with Crippen molar-refractivity contribution in [1.82, 2.24) is 9.78 Å². The fraction of sp³-hybridized carbons (Fsp3) is 0.0588. The number of halogens is 3. The van der Waals surface area contributed by atoms with Crippen LogP contribution in [0.5, 0.6) is 0 Å². The molecule has 0 radical (unpaired) electrons. The second-order valence-corrected chi connectivity index (χ2v) is 5.43. The van der Waals surface area contributed by atoms with Crippen LogP contribution in [0.25, 0.3) is 11.3 Å². The number of benzene rings is 2. The van der Waals surface area contributed by atoms with Gasteiger partial charge >= 0.3 is 0 Å². The van der Waals surface area contributed by atoms with Crippen molar-refractivity contribution in [3.8, 4) is 11.3 Å². The molecule has 25 heavy (non-hydrogen) atoms. The smallest absolute Gasteiger partial charge is 0.267 e. The van der Waals surface area contributed by atoms with Gasteiger partial charge < -0.3 is 11.5 Å². The van der Waals surface area contributed by atoms with E-state index in [1.165, 1.54) is 12.1 Å². The first-order valence-electron chi connectivity index (χ1n) is 7.22.